The highest BCUT2D eigenvalue weighted by atomic mass is 35.5. The van der Waals surface area contributed by atoms with E-state index < -0.39 is 4.92 Å². The predicted octanol–water partition coefficient (Wildman–Crippen LogP) is 2.05. The van der Waals surface area contributed by atoms with E-state index in [1.54, 1.807) is 11.6 Å². The molecule has 1 unspecified atom stereocenters. The van der Waals surface area contributed by atoms with Gasteiger partial charge in [0.2, 0.25) is 6.33 Å². The van der Waals surface area contributed by atoms with E-state index >= 15 is 0 Å². The monoisotopic (exact) mass is 235 g/mol. The van der Waals surface area contributed by atoms with E-state index in [0.29, 0.717) is 10.9 Å². The molecule has 1 heterocycles. The van der Waals surface area contributed by atoms with Crippen molar-refractivity contribution in [2.24, 2.45) is 7.05 Å². The Morgan fingerprint density at radius 1 is 1.86 bits per heavy atom. The number of thioether (sulfide) groups is 1. The lowest BCUT2D eigenvalue weighted by Crippen LogP contribution is -2.01. The fourth-order valence-electron chi connectivity index (χ4n) is 0.890. The van der Waals surface area contributed by atoms with Crippen molar-refractivity contribution in [1.29, 1.82) is 0 Å². The Kier molecular flexibility index (Phi) is 3.77. The largest absolute Gasteiger partial charge is 0.395 e. The van der Waals surface area contributed by atoms with E-state index in [-0.39, 0.29) is 11.1 Å². The second kappa shape index (κ2) is 4.65. The molecule has 0 fully saturated rings. The summed E-state index contributed by atoms with van der Waals surface area (Å²) in [6.45, 7) is 1.91. The van der Waals surface area contributed by atoms with Crippen molar-refractivity contribution in [2.75, 3.05) is 5.88 Å². The molecule has 1 aromatic rings. The molecule has 1 atom stereocenters. The lowest BCUT2D eigenvalue weighted by atomic mass is 10.6. The third-order valence-corrected chi connectivity index (χ3v) is 3.48. The Morgan fingerprint density at radius 3 is 3.00 bits per heavy atom. The van der Waals surface area contributed by atoms with Gasteiger partial charge in [-0.3, -0.25) is 0 Å². The molecule has 0 aliphatic heterocycles. The van der Waals surface area contributed by atoms with E-state index in [0.717, 1.165) is 0 Å². The zero-order chi connectivity index (χ0) is 10.7. The van der Waals surface area contributed by atoms with Crippen LogP contribution in [0.5, 0.6) is 0 Å². The molecule has 7 heteroatoms. The van der Waals surface area contributed by atoms with Crippen LogP contribution >= 0.6 is 23.4 Å². The number of nitro groups is 1. The van der Waals surface area contributed by atoms with Crippen molar-refractivity contribution < 1.29 is 4.92 Å². The number of rotatable bonds is 4. The summed E-state index contributed by atoms with van der Waals surface area (Å²) in [6.07, 6.45) is 1.43. The highest BCUT2D eigenvalue weighted by Crippen LogP contribution is 2.30. The number of alkyl halides is 1. The number of hydrogen-bond donors (Lipinski definition) is 0. The maximum absolute atomic E-state index is 10.6. The van der Waals surface area contributed by atoms with Gasteiger partial charge in [0.05, 0.1) is 0 Å². The minimum atomic E-state index is -0.483. The summed E-state index contributed by atoms with van der Waals surface area (Å²) in [5, 5.41) is 11.3. The molecule has 0 bridgehead atoms. The molecule has 78 valence electrons. The zero-order valence-electron chi connectivity index (χ0n) is 7.81. The van der Waals surface area contributed by atoms with Gasteiger partial charge in [-0.05, 0) is 9.91 Å². The second-order valence-corrected chi connectivity index (χ2v) is 4.56. The first-order valence-electron chi connectivity index (χ1n) is 3.94. The average Bonchev–Trinajstić information content (AvgIpc) is 2.48. The molecule has 0 amide bonds. The Hall–Kier alpha value is -0.750. The normalized spacial score (nSPS) is 12.8. The molecule has 0 saturated carbocycles. The number of nitrogens with zero attached hydrogens (tertiary/aromatic N) is 3. The van der Waals surface area contributed by atoms with E-state index in [2.05, 4.69) is 4.98 Å². The first kappa shape index (κ1) is 11.3. The maximum Gasteiger partial charge on any atom is 0.395 e. The van der Waals surface area contributed by atoms with E-state index in [4.69, 9.17) is 11.6 Å². The quantitative estimate of drug-likeness (QED) is 0.347. The molecule has 5 nitrogen and oxygen atoms in total. The van der Waals surface area contributed by atoms with Crippen LogP contribution in [0.4, 0.5) is 5.82 Å². The summed E-state index contributed by atoms with van der Waals surface area (Å²) >= 11 is 6.99. The Labute approximate surface area is 90.6 Å². The SMILES string of the molecule is CC(CCl)Sc1c([N+](=O)[O-])ncn1C. The van der Waals surface area contributed by atoms with Crippen molar-refractivity contribution in [3.63, 3.8) is 0 Å². The van der Waals surface area contributed by atoms with Crippen molar-refractivity contribution >= 4 is 29.2 Å². The smallest absolute Gasteiger partial charge is 0.358 e. The van der Waals surface area contributed by atoms with Gasteiger partial charge in [0.15, 0.2) is 5.03 Å². The van der Waals surface area contributed by atoms with E-state index in [1.807, 2.05) is 6.92 Å². The molecule has 0 aliphatic carbocycles. The van der Waals surface area contributed by atoms with Gasteiger partial charge in [-0.2, -0.15) is 0 Å². The summed E-state index contributed by atoms with van der Waals surface area (Å²) in [5.41, 5.74) is 0. The van der Waals surface area contributed by atoms with Gasteiger partial charge in [0, 0.05) is 18.2 Å². The van der Waals surface area contributed by atoms with Gasteiger partial charge < -0.3 is 14.7 Å². The van der Waals surface area contributed by atoms with Gasteiger partial charge >= 0.3 is 5.82 Å². The highest BCUT2D eigenvalue weighted by molar-refractivity contribution is 8.00. The van der Waals surface area contributed by atoms with Gasteiger partial charge in [-0.25, -0.2) is 0 Å². The summed E-state index contributed by atoms with van der Waals surface area (Å²) in [5.74, 6) is 0.349. The average molecular weight is 236 g/mol. The van der Waals surface area contributed by atoms with Crippen LogP contribution in [0.1, 0.15) is 6.92 Å². The fraction of sp³-hybridized carbons (Fsp3) is 0.571. The molecule has 0 radical (unpaired) electrons. The first-order chi connectivity index (χ1) is 6.56. The highest BCUT2D eigenvalue weighted by Gasteiger charge is 2.21. The molecule has 0 aliphatic rings. The van der Waals surface area contributed by atoms with Crippen LogP contribution in [0.15, 0.2) is 11.4 Å². The second-order valence-electron chi connectivity index (χ2n) is 2.82. The van der Waals surface area contributed by atoms with Crippen LogP contribution in [0, 0.1) is 10.1 Å². The summed E-state index contributed by atoms with van der Waals surface area (Å²) < 4.78 is 1.63. The third kappa shape index (κ3) is 2.39. The minimum Gasteiger partial charge on any atom is -0.358 e. The lowest BCUT2D eigenvalue weighted by molar-refractivity contribution is -0.392. The summed E-state index contributed by atoms with van der Waals surface area (Å²) in [7, 11) is 1.73. The zero-order valence-corrected chi connectivity index (χ0v) is 9.38. The minimum absolute atomic E-state index is 0.102. The maximum atomic E-state index is 10.6. The number of aryl methyl sites for hydroxylation is 1. The summed E-state index contributed by atoms with van der Waals surface area (Å²) in [4.78, 5) is 13.8. The number of aromatic nitrogens is 2. The first-order valence-corrected chi connectivity index (χ1v) is 5.36. The predicted molar refractivity (Wildman–Crippen MR) is 55.9 cm³/mol. The standard InChI is InChI=1S/C7H10ClN3O2S/c1-5(3-8)14-7-6(11(12)13)9-4-10(7)2/h4-5H,3H2,1-2H3. The van der Waals surface area contributed by atoms with Crippen LogP contribution in [0.3, 0.4) is 0 Å². The van der Waals surface area contributed by atoms with Crippen molar-refractivity contribution in [3.8, 4) is 0 Å². The third-order valence-electron chi connectivity index (χ3n) is 1.57. The molecule has 0 aromatic carbocycles. The van der Waals surface area contributed by atoms with Crippen molar-refractivity contribution in [3.05, 3.63) is 16.4 Å². The molecular weight excluding hydrogens is 226 g/mol. The Bertz CT molecular complexity index is 342. The number of imidazole rings is 1. The molecule has 0 N–H and O–H groups in total. The van der Waals surface area contributed by atoms with Crippen LogP contribution in [0.25, 0.3) is 0 Å². The number of hydrogen-bond acceptors (Lipinski definition) is 4. The molecular formula is C7H10ClN3O2S. The van der Waals surface area contributed by atoms with Crippen LogP contribution in [-0.4, -0.2) is 25.6 Å². The summed E-state index contributed by atoms with van der Waals surface area (Å²) in [6, 6.07) is 0. The van der Waals surface area contributed by atoms with Gasteiger partial charge in [-0.15, -0.1) is 11.6 Å². The molecule has 1 rings (SSSR count). The fourth-order valence-corrected chi connectivity index (χ4v) is 1.97. The van der Waals surface area contributed by atoms with Crippen molar-refractivity contribution in [1.82, 2.24) is 9.55 Å². The molecule has 14 heavy (non-hydrogen) atoms. The topological polar surface area (TPSA) is 61.0 Å². The van der Waals surface area contributed by atoms with Crippen LogP contribution in [-0.2, 0) is 7.05 Å². The molecule has 0 spiro atoms. The number of halogens is 1. The van der Waals surface area contributed by atoms with Crippen LogP contribution < -0.4 is 0 Å². The Balaban J connectivity index is 2.93. The van der Waals surface area contributed by atoms with E-state index in [9.17, 15) is 10.1 Å². The molecule has 0 saturated heterocycles. The van der Waals surface area contributed by atoms with Gasteiger partial charge in [-0.1, -0.05) is 18.7 Å². The van der Waals surface area contributed by atoms with Gasteiger partial charge in [0.1, 0.15) is 0 Å². The lowest BCUT2D eigenvalue weighted by Gasteiger charge is -2.06. The van der Waals surface area contributed by atoms with Crippen LogP contribution in [0.2, 0.25) is 0 Å². The van der Waals surface area contributed by atoms with E-state index in [1.165, 1.54) is 18.1 Å². The van der Waals surface area contributed by atoms with Gasteiger partial charge in [0.25, 0.3) is 0 Å². The Morgan fingerprint density at radius 2 is 2.50 bits per heavy atom. The van der Waals surface area contributed by atoms with Crippen molar-refractivity contribution in [2.45, 2.75) is 17.2 Å². The molecule has 1 aromatic heterocycles.